The number of allylic oxidation sites excluding steroid dienone is 1. The van der Waals surface area contributed by atoms with E-state index in [1.165, 1.54) is 0 Å². The summed E-state index contributed by atoms with van der Waals surface area (Å²) in [6, 6.07) is 0. The normalized spacial score (nSPS) is 13.0. The molecule has 0 bridgehead atoms. The molecule has 0 aliphatic heterocycles. The number of imidazole rings is 1. The molecule has 0 spiro atoms. The molecule has 4 nitrogen and oxygen atoms in total. The monoisotopic (exact) mass is 257 g/mol. The van der Waals surface area contributed by atoms with Gasteiger partial charge in [0, 0.05) is 13.6 Å². The largest absolute Gasteiger partial charge is 0.392 e. The van der Waals surface area contributed by atoms with Crippen LogP contribution in [-0.4, -0.2) is 39.3 Å². The highest BCUT2D eigenvalue weighted by molar-refractivity contribution is 6.29. The van der Waals surface area contributed by atoms with Crippen molar-refractivity contribution in [2.75, 3.05) is 13.6 Å². The van der Waals surface area contributed by atoms with Crippen molar-refractivity contribution in [1.82, 2.24) is 14.5 Å². The Morgan fingerprint density at radius 1 is 1.71 bits per heavy atom. The molecule has 0 aliphatic rings. The lowest BCUT2D eigenvalue weighted by atomic mass is 10.2. The Hall–Kier alpha value is -0.840. The third kappa shape index (κ3) is 4.50. The first-order valence-electron chi connectivity index (χ1n) is 5.68. The van der Waals surface area contributed by atoms with Gasteiger partial charge in [0.15, 0.2) is 0 Å². The maximum Gasteiger partial charge on any atom is 0.128 e. The predicted octanol–water partition coefficient (Wildman–Crippen LogP) is 1.83. The molecule has 96 valence electrons. The van der Waals surface area contributed by atoms with Crippen LogP contribution in [0.2, 0.25) is 5.15 Å². The highest BCUT2D eigenvalue weighted by Crippen LogP contribution is 2.11. The summed E-state index contributed by atoms with van der Waals surface area (Å²) in [6.45, 7) is 4.94. The summed E-state index contributed by atoms with van der Waals surface area (Å²) in [5, 5.41) is 10.4. The number of halogens is 1. The summed E-state index contributed by atoms with van der Waals surface area (Å²) in [6.07, 6.45) is 4.72. The van der Waals surface area contributed by atoms with E-state index in [0.717, 1.165) is 18.7 Å². The minimum atomic E-state index is -0.325. The van der Waals surface area contributed by atoms with Gasteiger partial charge in [0.25, 0.3) is 0 Å². The van der Waals surface area contributed by atoms with Crippen molar-refractivity contribution in [2.45, 2.75) is 25.5 Å². The summed E-state index contributed by atoms with van der Waals surface area (Å²) >= 11 is 5.91. The van der Waals surface area contributed by atoms with E-state index in [1.807, 2.05) is 29.6 Å². The fraction of sp³-hybridized carbons (Fsp3) is 0.583. The van der Waals surface area contributed by atoms with Gasteiger partial charge in [-0.1, -0.05) is 17.7 Å². The van der Waals surface area contributed by atoms with E-state index in [1.54, 1.807) is 6.20 Å². The van der Waals surface area contributed by atoms with Crippen LogP contribution in [0, 0.1) is 0 Å². The van der Waals surface area contributed by atoms with E-state index in [0.29, 0.717) is 18.2 Å². The Morgan fingerprint density at radius 2 is 2.41 bits per heavy atom. The van der Waals surface area contributed by atoms with Gasteiger partial charge in [-0.3, -0.25) is 4.90 Å². The molecule has 1 atom stereocenters. The number of nitrogens with zero attached hydrogens (tertiary/aromatic N) is 3. The van der Waals surface area contributed by atoms with Crippen molar-refractivity contribution in [3.05, 3.63) is 29.8 Å². The van der Waals surface area contributed by atoms with E-state index in [-0.39, 0.29) is 6.10 Å². The Labute approximate surface area is 108 Å². The number of hydrogen-bond donors (Lipinski definition) is 1. The van der Waals surface area contributed by atoms with E-state index in [9.17, 15) is 5.11 Å². The van der Waals surface area contributed by atoms with Gasteiger partial charge < -0.3 is 9.67 Å². The van der Waals surface area contributed by atoms with E-state index < -0.39 is 0 Å². The van der Waals surface area contributed by atoms with Gasteiger partial charge in [-0.25, -0.2) is 4.98 Å². The summed E-state index contributed by atoms with van der Waals surface area (Å²) in [5.74, 6) is 0.897. The highest BCUT2D eigenvalue weighted by Gasteiger charge is 2.11. The number of aliphatic hydroxyl groups is 1. The molecule has 0 amide bonds. The average Bonchev–Trinajstić information content (AvgIpc) is 2.58. The van der Waals surface area contributed by atoms with E-state index >= 15 is 0 Å². The summed E-state index contributed by atoms with van der Waals surface area (Å²) in [7, 11) is 3.84. The van der Waals surface area contributed by atoms with Gasteiger partial charge in [-0.05, 0) is 19.9 Å². The van der Waals surface area contributed by atoms with Crippen molar-refractivity contribution in [1.29, 1.82) is 0 Å². The van der Waals surface area contributed by atoms with Crippen molar-refractivity contribution in [2.24, 2.45) is 7.05 Å². The molecular formula is C12H20ClN3O. The fourth-order valence-electron chi connectivity index (χ4n) is 1.64. The maximum atomic E-state index is 9.76. The van der Waals surface area contributed by atoms with Gasteiger partial charge >= 0.3 is 0 Å². The molecule has 0 saturated carbocycles. The van der Waals surface area contributed by atoms with Crippen molar-refractivity contribution in [3.63, 3.8) is 0 Å². The van der Waals surface area contributed by atoms with Crippen LogP contribution < -0.4 is 0 Å². The van der Waals surface area contributed by atoms with Crippen molar-refractivity contribution >= 4 is 11.6 Å². The molecule has 1 heterocycles. The summed E-state index contributed by atoms with van der Waals surface area (Å²) < 4.78 is 1.84. The van der Waals surface area contributed by atoms with Crippen LogP contribution in [0.5, 0.6) is 0 Å². The Morgan fingerprint density at radius 3 is 2.94 bits per heavy atom. The van der Waals surface area contributed by atoms with Gasteiger partial charge in [0.05, 0.1) is 18.8 Å². The molecule has 0 radical (unpaired) electrons. The average molecular weight is 258 g/mol. The third-order valence-electron chi connectivity index (χ3n) is 2.67. The molecule has 1 aromatic heterocycles. The molecule has 0 saturated heterocycles. The van der Waals surface area contributed by atoms with Crippen molar-refractivity contribution < 1.29 is 5.11 Å². The smallest absolute Gasteiger partial charge is 0.128 e. The van der Waals surface area contributed by atoms with Crippen LogP contribution >= 0.6 is 11.6 Å². The van der Waals surface area contributed by atoms with Crippen LogP contribution in [0.1, 0.15) is 18.7 Å². The van der Waals surface area contributed by atoms with Crippen LogP contribution in [0.3, 0.4) is 0 Å². The first-order chi connectivity index (χ1) is 8.04. The van der Waals surface area contributed by atoms with E-state index in [2.05, 4.69) is 11.6 Å². The lowest BCUT2D eigenvalue weighted by Crippen LogP contribution is -2.29. The molecule has 1 unspecified atom stereocenters. The Balaban J connectivity index is 2.41. The lowest BCUT2D eigenvalue weighted by Gasteiger charge is -2.19. The molecular weight excluding hydrogens is 238 g/mol. The molecule has 5 heteroatoms. The zero-order chi connectivity index (χ0) is 12.8. The van der Waals surface area contributed by atoms with Gasteiger partial charge in [-0.2, -0.15) is 0 Å². The van der Waals surface area contributed by atoms with E-state index in [4.69, 9.17) is 11.6 Å². The second-order valence-electron chi connectivity index (χ2n) is 4.27. The second-order valence-corrected chi connectivity index (χ2v) is 4.66. The quantitative estimate of drug-likeness (QED) is 0.758. The molecule has 0 aromatic carbocycles. The zero-order valence-corrected chi connectivity index (χ0v) is 11.2. The molecule has 0 fully saturated rings. The molecule has 1 rings (SSSR count). The lowest BCUT2D eigenvalue weighted by molar-refractivity contribution is 0.114. The Kier molecular flexibility index (Phi) is 5.68. The molecule has 1 aromatic rings. The predicted molar refractivity (Wildman–Crippen MR) is 70.0 cm³/mol. The number of likely N-dealkylation sites (N-methyl/N-ethyl adjacent to an activating group) is 1. The van der Waals surface area contributed by atoms with Crippen LogP contribution in [0.4, 0.5) is 0 Å². The third-order valence-corrected chi connectivity index (χ3v) is 3.02. The number of aromatic nitrogens is 2. The zero-order valence-electron chi connectivity index (χ0n) is 10.4. The fourth-order valence-corrected chi connectivity index (χ4v) is 1.78. The summed E-state index contributed by atoms with van der Waals surface area (Å²) in [5.41, 5.74) is 0. The second kappa shape index (κ2) is 6.79. The standard InChI is InChI=1S/C12H20ClN3O/c1-4-5-6-10(17)8-15(2)9-12-14-7-11(13)16(12)3/h4,7,10,17H,1,5-6,8-9H2,2-3H3. The first kappa shape index (κ1) is 14.2. The summed E-state index contributed by atoms with van der Waals surface area (Å²) in [4.78, 5) is 6.25. The minimum Gasteiger partial charge on any atom is -0.392 e. The number of hydrogen-bond acceptors (Lipinski definition) is 3. The maximum absolute atomic E-state index is 9.76. The molecule has 1 N–H and O–H groups in total. The SMILES string of the molecule is C=CCCC(O)CN(C)Cc1ncc(Cl)n1C. The van der Waals surface area contributed by atoms with Gasteiger partial charge in [0.2, 0.25) is 0 Å². The topological polar surface area (TPSA) is 41.3 Å². The van der Waals surface area contributed by atoms with Crippen LogP contribution in [0.25, 0.3) is 0 Å². The van der Waals surface area contributed by atoms with Crippen LogP contribution in [-0.2, 0) is 13.6 Å². The number of aliphatic hydroxyl groups excluding tert-OH is 1. The van der Waals surface area contributed by atoms with Gasteiger partial charge in [-0.15, -0.1) is 6.58 Å². The molecule has 0 aliphatic carbocycles. The van der Waals surface area contributed by atoms with Crippen molar-refractivity contribution in [3.8, 4) is 0 Å². The van der Waals surface area contributed by atoms with Crippen LogP contribution in [0.15, 0.2) is 18.9 Å². The number of rotatable bonds is 7. The van der Waals surface area contributed by atoms with Gasteiger partial charge in [0.1, 0.15) is 11.0 Å². The highest BCUT2D eigenvalue weighted by atomic mass is 35.5. The minimum absolute atomic E-state index is 0.325. The molecule has 17 heavy (non-hydrogen) atoms. The Bertz CT molecular complexity index is 365. The first-order valence-corrected chi connectivity index (χ1v) is 6.06.